The van der Waals surface area contributed by atoms with Gasteiger partial charge < -0.3 is 19.4 Å². The molecule has 2 aliphatic rings. The molecule has 3 aromatic carbocycles. The summed E-state index contributed by atoms with van der Waals surface area (Å²) in [4.78, 5) is 39.7. The molecule has 4 aromatic rings. The van der Waals surface area contributed by atoms with Crippen molar-refractivity contribution in [1.29, 1.82) is 0 Å². The molecular weight excluding hydrogens is 521 g/mol. The number of para-hydroxylation sites is 1. The zero-order valence-corrected chi connectivity index (χ0v) is 21.6. The second kappa shape index (κ2) is 9.95. The third-order valence-corrected chi connectivity index (χ3v) is 7.58. The maximum atomic E-state index is 14.4. The lowest BCUT2D eigenvalue weighted by Crippen LogP contribution is -2.36. The van der Waals surface area contributed by atoms with Gasteiger partial charge in [0.25, 0.3) is 11.1 Å². The highest BCUT2D eigenvalue weighted by Gasteiger charge is 2.36. The van der Waals surface area contributed by atoms with Gasteiger partial charge in [-0.3, -0.25) is 19.3 Å². The number of carbonyl (C=O) groups is 3. The first-order valence-corrected chi connectivity index (χ1v) is 13.0. The Morgan fingerprint density at radius 2 is 1.82 bits per heavy atom. The highest BCUT2D eigenvalue weighted by Crippen LogP contribution is 2.37. The standard InChI is InChI=1S/C29H22FN3O5S/c1-17-21(20-7-3-5-9-23(20)32(17)14-18-6-2-4-8-22(18)30)13-26-28(35)33(29(36)39-26)15-27(34)31-19-10-11-24-25(12-19)38-16-37-24/h2-13H,14-16H2,1H3,(H,31,34)/b26-13-. The van der Waals surface area contributed by atoms with E-state index in [1.165, 1.54) is 6.07 Å². The Balaban J connectivity index is 1.25. The maximum absolute atomic E-state index is 14.4. The number of rotatable bonds is 6. The molecule has 39 heavy (non-hydrogen) atoms. The van der Waals surface area contributed by atoms with Gasteiger partial charge in [0.05, 0.1) is 11.4 Å². The Bertz CT molecular complexity index is 1700. The molecule has 0 spiro atoms. The van der Waals surface area contributed by atoms with E-state index in [4.69, 9.17) is 9.47 Å². The van der Waals surface area contributed by atoms with Gasteiger partial charge in [-0.05, 0) is 49.0 Å². The van der Waals surface area contributed by atoms with Crippen LogP contribution < -0.4 is 14.8 Å². The Labute approximate surface area is 227 Å². The van der Waals surface area contributed by atoms with Crippen molar-refractivity contribution in [3.8, 4) is 11.5 Å². The Morgan fingerprint density at radius 1 is 1.05 bits per heavy atom. The number of halogens is 1. The van der Waals surface area contributed by atoms with Crippen LogP contribution in [0.1, 0.15) is 16.8 Å². The molecule has 196 valence electrons. The van der Waals surface area contributed by atoms with Gasteiger partial charge in [-0.25, -0.2) is 4.39 Å². The number of ether oxygens (including phenoxy) is 2. The van der Waals surface area contributed by atoms with E-state index in [1.54, 1.807) is 42.5 Å². The van der Waals surface area contributed by atoms with E-state index in [0.717, 1.165) is 38.8 Å². The van der Waals surface area contributed by atoms with E-state index in [1.807, 2.05) is 35.8 Å². The molecule has 0 saturated carbocycles. The predicted octanol–water partition coefficient (Wildman–Crippen LogP) is 5.54. The summed E-state index contributed by atoms with van der Waals surface area (Å²) in [6.07, 6.45) is 1.68. The van der Waals surface area contributed by atoms with Crippen LogP contribution in [0.4, 0.5) is 14.9 Å². The molecule has 1 fully saturated rings. The average Bonchev–Trinajstić information content (AvgIpc) is 3.57. The summed E-state index contributed by atoms with van der Waals surface area (Å²) < 4.78 is 27.0. The molecule has 3 amide bonds. The SMILES string of the molecule is Cc1c(/C=C2\SC(=O)N(CC(=O)Nc3ccc4c(c3)OCO4)C2=O)c2ccccc2n1Cc1ccccc1F. The molecule has 1 saturated heterocycles. The van der Waals surface area contributed by atoms with Crippen LogP contribution in [0.15, 0.2) is 71.6 Å². The molecule has 0 atom stereocenters. The smallest absolute Gasteiger partial charge is 0.294 e. The van der Waals surface area contributed by atoms with E-state index < -0.39 is 23.6 Å². The maximum Gasteiger partial charge on any atom is 0.294 e. The van der Waals surface area contributed by atoms with Gasteiger partial charge in [-0.2, -0.15) is 0 Å². The van der Waals surface area contributed by atoms with Crippen LogP contribution in [0.5, 0.6) is 11.5 Å². The lowest BCUT2D eigenvalue weighted by Gasteiger charge is -2.12. The van der Waals surface area contributed by atoms with Crippen LogP contribution in [-0.4, -0.2) is 39.9 Å². The fraction of sp³-hybridized carbons (Fsp3) is 0.138. The number of thioether (sulfide) groups is 1. The molecule has 0 radical (unpaired) electrons. The van der Waals surface area contributed by atoms with Crippen molar-refractivity contribution in [2.45, 2.75) is 13.5 Å². The minimum Gasteiger partial charge on any atom is -0.454 e. The fourth-order valence-corrected chi connectivity index (χ4v) is 5.55. The molecule has 10 heteroatoms. The number of imide groups is 1. The van der Waals surface area contributed by atoms with Gasteiger partial charge in [0.1, 0.15) is 12.4 Å². The molecule has 1 aromatic heterocycles. The minimum absolute atomic E-state index is 0.108. The number of aromatic nitrogens is 1. The number of amides is 3. The second-order valence-corrected chi connectivity index (χ2v) is 10.1. The number of carbonyl (C=O) groups excluding carboxylic acids is 3. The topological polar surface area (TPSA) is 89.9 Å². The number of hydrogen-bond donors (Lipinski definition) is 1. The molecule has 2 aliphatic heterocycles. The summed E-state index contributed by atoms with van der Waals surface area (Å²) in [6.45, 7) is 1.89. The van der Waals surface area contributed by atoms with Crippen LogP contribution >= 0.6 is 11.8 Å². The van der Waals surface area contributed by atoms with Crippen molar-refractivity contribution >= 4 is 51.5 Å². The third-order valence-electron chi connectivity index (χ3n) is 6.67. The van der Waals surface area contributed by atoms with E-state index in [-0.39, 0.29) is 17.5 Å². The molecule has 6 rings (SSSR count). The number of fused-ring (bicyclic) bond motifs is 2. The van der Waals surface area contributed by atoms with Crippen molar-refractivity contribution in [3.63, 3.8) is 0 Å². The lowest BCUT2D eigenvalue weighted by atomic mass is 10.1. The highest BCUT2D eigenvalue weighted by atomic mass is 32.2. The molecule has 0 aliphatic carbocycles. The summed E-state index contributed by atoms with van der Waals surface area (Å²) in [5, 5.41) is 3.03. The second-order valence-electron chi connectivity index (χ2n) is 9.08. The Hall–Kier alpha value is -4.57. The molecule has 8 nitrogen and oxygen atoms in total. The van der Waals surface area contributed by atoms with Crippen LogP contribution in [0.2, 0.25) is 0 Å². The van der Waals surface area contributed by atoms with E-state index in [9.17, 15) is 18.8 Å². The van der Waals surface area contributed by atoms with Crippen molar-refractivity contribution in [2.75, 3.05) is 18.7 Å². The first kappa shape index (κ1) is 24.7. The molecule has 1 N–H and O–H groups in total. The van der Waals surface area contributed by atoms with E-state index in [0.29, 0.717) is 29.3 Å². The summed E-state index contributed by atoms with van der Waals surface area (Å²) in [5.74, 6) is -0.274. The van der Waals surface area contributed by atoms with Crippen LogP contribution in [0.25, 0.3) is 17.0 Å². The average molecular weight is 544 g/mol. The molecule has 0 unspecified atom stereocenters. The van der Waals surface area contributed by atoms with Gasteiger partial charge in [-0.1, -0.05) is 36.4 Å². The number of benzene rings is 3. The van der Waals surface area contributed by atoms with Gasteiger partial charge in [0.15, 0.2) is 11.5 Å². The summed E-state index contributed by atoms with van der Waals surface area (Å²) in [6, 6.07) is 19.2. The van der Waals surface area contributed by atoms with E-state index >= 15 is 0 Å². The monoisotopic (exact) mass is 543 g/mol. The first-order valence-electron chi connectivity index (χ1n) is 12.1. The molecule has 0 bridgehead atoms. The van der Waals surface area contributed by atoms with Crippen molar-refractivity contribution in [1.82, 2.24) is 9.47 Å². The molecule has 3 heterocycles. The fourth-order valence-electron chi connectivity index (χ4n) is 4.73. The van der Waals surface area contributed by atoms with Crippen LogP contribution in [0.3, 0.4) is 0 Å². The largest absolute Gasteiger partial charge is 0.454 e. The van der Waals surface area contributed by atoms with Crippen LogP contribution in [0, 0.1) is 12.7 Å². The lowest BCUT2D eigenvalue weighted by molar-refractivity contribution is -0.127. The van der Waals surface area contributed by atoms with Gasteiger partial charge >= 0.3 is 0 Å². The predicted molar refractivity (Wildman–Crippen MR) is 146 cm³/mol. The van der Waals surface area contributed by atoms with Crippen molar-refractivity contribution in [3.05, 3.63) is 94.3 Å². The Kier molecular flexibility index (Phi) is 6.32. The summed E-state index contributed by atoms with van der Waals surface area (Å²) in [5.41, 5.74) is 3.47. The number of nitrogens with one attached hydrogen (secondary N) is 1. The normalized spacial score (nSPS) is 15.5. The van der Waals surface area contributed by atoms with Crippen LogP contribution in [-0.2, 0) is 16.1 Å². The summed E-state index contributed by atoms with van der Waals surface area (Å²) >= 11 is 0.787. The number of nitrogens with zero attached hydrogens (tertiary/aromatic N) is 2. The first-order chi connectivity index (χ1) is 18.9. The molecular formula is C29H22FN3O5S. The minimum atomic E-state index is -0.545. The zero-order chi connectivity index (χ0) is 27.1. The van der Waals surface area contributed by atoms with Gasteiger partial charge in [-0.15, -0.1) is 0 Å². The quantitative estimate of drug-likeness (QED) is 0.321. The Morgan fingerprint density at radius 3 is 2.67 bits per heavy atom. The van der Waals surface area contributed by atoms with E-state index in [2.05, 4.69) is 5.32 Å². The van der Waals surface area contributed by atoms with Gasteiger partial charge in [0, 0.05) is 39.5 Å². The van der Waals surface area contributed by atoms with Crippen molar-refractivity contribution < 1.29 is 28.2 Å². The zero-order valence-electron chi connectivity index (χ0n) is 20.8. The van der Waals surface area contributed by atoms with Crippen molar-refractivity contribution in [2.24, 2.45) is 0 Å². The number of anilines is 1. The third kappa shape index (κ3) is 4.63. The number of hydrogen-bond acceptors (Lipinski definition) is 6. The van der Waals surface area contributed by atoms with Gasteiger partial charge in [0.2, 0.25) is 12.7 Å². The summed E-state index contributed by atoms with van der Waals surface area (Å²) in [7, 11) is 0. The highest BCUT2D eigenvalue weighted by molar-refractivity contribution is 8.18.